The highest BCUT2D eigenvalue weighted by Gasteiger charge is 2.23. The molecule has 6 heteroatoms. The van der Waals surface area contributed by atoms with Crippen molar-refractivity contribution >= 4 is 11.9 Å². The number of nitrogens with zero attached hydrogens (tertiary/aromatic N) is 3. The molecule has 0 unspecified atom stereocenters. The minimum Gasteiger partial charge on any atom is -0.491 e. The second kappa shape index (κ2) is 7.96. The van der Waals surface area contributed by atoms with E-state index in [1.807, 2.05) is 52.0 Å². The fourth-order valence-electron chi connectivity index (χ4n) is 2.72. The van der Waals surface area contributed by atoms with E-state index in [4.69, 9.17) is 10.5 Å². The number of hydrogen-bond acceptors (Lipinski definition) is 5. The SMILES string of the molecule is CCN(CC)C(=O)c1c(C)nc(N)nc1-c1cccc(OC(C)C)c1. The molecule has 25 heavy (non-hydrogen) atoms. The van der Waals surface area contributed by atoms with E-state index in [2.05, 4.69) is 9.97 Å². The summed E-state index contributed by atoms with van der Waals surface area (Å²) in [7, 11) is 0. The predicted octanol–water partition coefficient (Wildman–Crippen LogP) is 3.30. The average molecular weight is 342 g/mol. The van der Waals surface area contributed by atoms with Gasteiger partial charge in [0, 0.05) is 18.7 Å². The molecule has 1 heterocycles. The highest BCUT2D eigenvalue weighted by molar-refractivity contribution is 6.01. The number of carbonyl (C=O) groups excluding carboxylic acids is 1. The molecular formula is C19H26N4O2. The molecular weight excluding hydrogens is 316 g/mol. The third-order valence-electron chi connectivity index (χ3n) is 3.85. The van der Waals surface area contributed by atoms with E-state index in [0.717, 1.165) is 11.3 Å². The Morgan fingerprint density at radius 1 is 1.24 bits per heavy atom. The quantitative estimate of drug-likeness (QED) is 0.871. The third kappa shape index (κ3) is 4.26. The van der Waals surface area contributed by atoms with Gasteiger partial charge in [-0.1, -0.05) is 12.1 Å². The van der Waals surface area contributed by atoms with E-state index in [1.54, 1.807) is 11.8 Å². The summed E-state index contributed by atoms with van der Waals surface area (Å²) >= 11 is 0. The Morgan fingerprint density at radius 3 is 2.52 bits per heavy atom. The van der Waals surface area contributed by atoms with E-state index >= 15 is 0 Å². The van der Waals surface area contributed by atoms with Crippen LogP contribution in [0.5, 0.6) is 5.75 Å². The molecule has 6 nitrogen and oxygen atoms in total. The van der Waals surface area contributed by atoms with E-state index in [1.165, 1.54) is 0 Å². The fourth-order valence-corrected chi connectivity index (χ4v) is 2.72. The van der Waals surface area contributed by atoms with Crippen LogP contribution in [0.25, 0.3) is 11.3 Å². The van der Waals surface area contributed by atoms with Gasteiger partial charge in [-0.15, -0.1) is 0 Å². The van der Waals surface area contributed by atoms with Crippen molar-refractivity contribution in [1.82, 2.24) is 14.9 Å². The summed E-state index contributed by atoms with van der Waals surface area (Å²) in [4.78, 5) is 23.3. The van der Waals surface area contributed by atoms with Crippen molar-refractivity contribution in [2.75, 3.05) is 18.8 Å². The molecule has 0 aliphatic rings. The molecule has 0 atom stereocenters. The zero-order chi connectivity index (χ0) is 18.6. The number of aryl methyl sites for hydroxylation is 1. The van der Waals surface area contributed by atoms with Gasteiger partial charge in [0.1, 0.15) is 5.75 Å². The number of ether oxygens (including phenoxy) is 1. The Labute approximate surface area is 149 Å². The van der Waals surface area contributed by atoms with E-state index in [0.29, 0.717) is 30.0 Å². The van der Waals surface area contributed by atoms with Crippen molar-refractivity contribution in [3.05, 3.63) is 35.5 Å². The normalized spacial score (nSPS) is 10.8. The minimum absolute atomic E-state index is 0.0595. The van der Waals surface area contributed by atoms with E-state index in [-0.39, 0.29) is 18.0 Å². The van der Waals surface area contributed by atoms with Crippen LogP contribution in [-0.4, -0.2) is 40.0 Å². The first-order valence-corrected chi connectivity index (χ1v) is 8.57. The van der Waals surface area contributed by atoms with Gasteiger partial charge in [-0.05, 0) is 46.8 Å². The number of benzene rings is 1. The molecule has 0 saturated carbocycles. The van der Waals surface area contributed by atoms with Gasteiger partial charge in [0.15, 0.2) is 0 Å². The Morgan fingerprint density at radius 2 is 1.92 bits per heavy atom. The number of rotatable bonds is 6. The van der Waals surface area contributed by atoms with Crippen LogP contribution in [0, 0.1) is 6.92 Å². The molecule has 2 aromatic rings. The lowest BCUT2D eigenvalue weighted by molar-refractivity contribution is 0.0772. The maximum atomic E-state index is 13.0. The molecule has 1 amide bonds. The van der Waals surface area contributed by atoms with Gasteiger partial charge >= 0.3 is 0 Å². The summed E-state index contributed by atoms with van der Waals surface area (Å²) < 4.78 is 5.76. The molecule has 2 rings (SSSR count). The molecule has 1 aromatic heterocycles. The Balaban J connectivity index is 2.59. The lowest BCUT2D eigenvalue weighted by atomic mass is 10.0. The van der Waals surface area contributed by atoms with Gasteiger partial charge < -0.3 is 15.4 Å². The van der Waals surface area contributed by atoms with Crippen LogP contribution in [0.15, 0.2) is 24.3 Å². The van der Waals surface area contributed by atoms with Gasteiger partial charge in [0.25, 0.3) is 5.91 Å². The molecule has 0 spiro atoms. The van der Waals surface area contributed by atoms with Crippen LogP contribution in [0.2, 0.25) is 0 Å². The monoisotopic (exact) mass is 342 g/mol. The van der Waals surface area contributed by atoms with Crippen molar-refractivity contribution in [3.8, 4) is 17.0 Å². The molecule has 0 bridgehead atoms. The maximum absolute atomic E-state index is 13.0. The highest BCUT2D eigenvalue weighted by Crippen LogP contribution is 2.28. The fraction of sp³-hybridized carbons (Fsp3) is 0.421. The second-order valence-electron chi connectivity index (χ2n) is 6.06. The number of hydrogen-bond donors (Lipinski definition) is 1. The lowest BCUT2D eigenvalue weighted by Gasteiger charge is -2.21. The van der Waals surface area contributed by atoms with Crippen molar-refractivity contribution in [1.29, 1.82) is 0 Å². The van der Waals surface area contributed by atoms with E-state index < -0.39 is 0 Å². The first-order valence-electron chi connectivity index (χ1n) is 8.57. The summed E-state index contributed by atoms with van der Waals surface area (Å²) in [5.74, 6) is 0.787. The van der Waals surface area contributed by atoms with Gasteiger partial charge in [0.05, 0.1) is 23.1 Å². The Kier molecular flexibility index (Phi) is 5.96. The first kappa shape index (κ1) is 18.7. The van der Waals surface area contributed by atoms with Gasteiger partial charge in [-0.3, -0.25) is 4.79 Å². The molecule has 2 N–H and O–H groups in total. The summed E-state index contributed by atoms with van der Waals surface area (Å²) in [6.07, 6.45) is 0.0595. The molecule has 0 saturated heterocycles. The first-order chi connectivity index (χ1) is 11.9. The number of aromatic nitrogens is 2. The Hall–Kier alpha value is -2.63. The summed E-state index contributed by atoms with van der Waals surface area (Å²) in [6, 6.07) is 7.53. The molecule has 0 radical (unpaired) electrons. The van der Waals surface area contributed by atoms with Crippen LogP contribution in [0.3, 0.4) is 0 Å². The Bertz CT molecular complexity index is 755. The number of amides is 1. The highest BCUT2D eigenvalue weighted by atomic mass is 16.5. The van der Waals surface area contributed by atoms with Crippen molar-refractivity contribution in [2.45, 2.75) is 40.7 Å². The molecule has 0 aliphatic carbocycles. The number of nitrogens with two attached hydrogens (primary N) is 1. The van der Waals surface area contributed by atoms with Crippen LogP contribution < -0.4 is 10.5 Å². The topological polar surface area (TPSA) is 81.3 Å². The van der Waals surface area contributed by atoms with Crippen LogP contribution in [0.1, 0.15) is 43.7 Å². The maximum Gasteiger partial charge on any atom is 0.257 e. The molecule has 1 aromatic carbocycles. The number of carbonyl (C=O) groups is 1. The largest absolute Gasteiger partial charge is 0.491 e. The summed E-state index contributed by atoms with van der Waals surface area (Å²) in [6.45, 7) is 10.9. The third-order valence-corrected chi connectivity index (χ3v) is 3.85. The van der Waals surface area contributed by atoms with Gasteiger partial charge in [0.2, 0.25) is 5.95 Å². The zero-order valence-electron chi connectivity index (χ0n) is 15.5. The lowest BCUT2D eigenvalue weighted by Crippen LogP contribution is -2.32. The number of nitrogen functional groups attached to an aromatic ring is 1. The van der Waals surface area contributed by atoms with Crippen molar-refractivity contribution in [2.24, 2.45) is 0 Å². The second-order valence-corrected chi connectivity index (χ2v) is 6.06. The average Bonchev–Trinajstić information content (AvgIpc) is 2.54. The smallest absolute Gasteiger partial charge is 0.257 e. The van der Waals surface area contributed by atoms with Crippen LogP contribution in [-0.2, 0) is 0 Å². The van der Waals surface area contributed by atoms with Crippen molar-refractivity contribution < 1.29 is 9.53 Å². The van der Waals surface area contributed by atoms with Crippen LogP contribution >= 0.6 is 0 Å². The zero-order valence-corrected chi connectivity index (χ0v) is 15.5. The standard InChI is InChI=1S/C19H26N4O2/c1-6-23(7-2)18(24)16-13(5)21-19(20)22-17(16)14-9-8-10-15(11-14)25-12(3)4/h8-12H,6-7H2,1-5H3,(H2,20,21,22). The van der Waals surface area contributed by atoms with Gasteiger partial charge in [-0.2, -0.15) is 0 Å². The van der Waals surface area contributed by atoms with Gasteiger partial charge in [-0.25, -0.2) is 9.97 Å². The number of anilines is 1. The molecule has 0 fully saturated rings. The summed E-state index contributed by atoms with van der Waals surface area (Å²) in [5.41, 5.74) is 8.23. The summed E-state index contributed by atoms with van der Waals surface area (Å²) in [5, 5.41) is 0. The molecule has 0 aliphatic heterocycles. The van der Waals surface area contributed by atoms with Crippen molar-refractivity contribution in [3.63, 3.8) is 0 Å². The van der Waals surface area contributed by atoms with E-state index in [9.17, 15) is 4.79 Å². The predicted molar refractivity (Wildman–Crippen MR) is 99.6 cm³/mol. The minimum atomic E-state index is -0.0901. The molecule has 134 valence electrons. The van der Waals surface area contributed by atoms with Crippen LogP contribution in [0.4, 0.5) is 5.95 Å².